The van der Waals surface area contributed by atoms with E-state index in [0.717, 1.165) is 0 Å². The zero-order valence-corrected chi connectivity index (χ0v) is 10.6. The molecule has 0 atom stereocenters. The molecule has 4 nitrogen and oxygen atoms in total. The Morgan fingerprint density at radius 1 is 1.22 bits per heavy atom. The number of hydrogen-bond donors (Lipinski definition) is 1. The van der Waals surface area contributed by atoms with Crippen LogP contribution in [-0.4, -0.2) is 16.6 Å². The van der Waals surface area contributed by atoms with Crippen LogP contribution in [0.2, 0.25) is 0 Å². The molecule has 1 aromatic carbocycles. The second-order valence-electron chi connectivity index (χ2n) is 5.09. The average Bonchev–Trinajstić information content (AvgIpc) is 2.25. The Labute approximate surface area is 105 Å². The monoisotopic (exact) mass is 245 g/mol. The molecule has 0 fully saturated rings. The smallest absolute Gasteiger partial charge is 0.339 e. The topological polar surface area (TPSA) is 59.2 Å². The lowest BCUT2D eigenvalue weighted by Gasteiger charge is -2.19. The molecule has 0 saturated heterocycles. The fourth-order valence-electron chi connectivity index (χ4n) is 1.71. The maximum Gasteiger partial charge on any atom is 0.339 e. The molecule has 0 bridgehead atoms. The lowest BCUT2D eigenvalue weighted by Crippen LogP contribution is -2.25. The number of H-pyrrole nitrogens is 1. The maximum absolute atomic E-state index is 12.1. The van der Waals surface area contributed by atoms with Crippen LogP contribution in [0, 0.1) is 0 Å². The molecular formula is C14H15NO3. The van der Waals surface area contributed by atoms with Gasteiger partial charge >= 0.3 is 5.97 Å². The van der Waals surface area contributed by atoms with Gasteiger partial charge in [0.2, 0.25) is 5.56 Å². The third-order valence-corrected chi connectivity index (χ3v) is 2.37. The summed E-state index contributed by atoms with van der Waals surface area (Å²) in [5, 5.41) is 0.686. The summed E-state index contributed by atoms with van der Waals surface area (Å²) in [5.41, 5.74) is 0.0329. The lowest BCUT2D eigenvalue weighted by molar-refractivity contribution is 0.00716. The number of fused-ring (bicyclic) bond motifs is 1. The molecular weight excluding hydrogens is 230 g/mol. The number of ether oxygens (including phenoxy) is 1. The van der Waals surface area contributed by atoms with Gasteiger partial charge in [-0.2, -0.15) is 0 Å². The van der Waals surface area contributed by atoms with E-state index in [1.807, 2.05) is 6.07 Å². The molecule has 0 aliphatic carbocycles. The summed E-state index contributed by atoms with van der Waals surface area (Å²) in [4.78, 5) is 26.2. The molecule has 1 aromatic heterocycles. The number of rotatable bonds is 1. The summed E-state index contributed by atoms with van der Waals surface area (Å²) in [6.45, 7) is 5.38. The van der Waals surface area contributed by atoms with Crippen molar-refractivity contribution >= 4 is 16.9 Å². The zero-order chi connectivity index (χ0) is 13.3. The van der Waals surface area contributed by atoms with Gasteiger partial charge in [0.1, 0.15) is 5.60 Å². The number of hydrogen-bond acceptors (Lipinski definition) is 3. The second-order valence-corrected chi connectivity index (χ2v) is 5.09. The Balaban J connectivity index is 2.57. The molecule has 2 aromatic rings. The molecule has 1 heterocycles. The first-order valence-electron chi connectivity index (χ1n) is 5.72. The van der Waals surface area contributed by atoms with Crippen LogP contribution in [-0.2, 0) is 4.74 Å². The molecule has 0 saturated carbocycles. The molecule has 94 valence electrons. The predicted molar refractivity (Wildman–Crippen MR) is 69.7 cm³/mol. The van der Waals surface area contributed by atoms with E-state index in [2.05, 4.69) is 4.98 Å². The lowest BCUT2D eigenvalue weighted by atomic mass is 10.1. The Morgan fingerprint density at radius 3 is 2.56 bits per heavy atom. The van der Waals surface area contributed by atoms with Gasteiger partial charge in [0.15, 0.2) is 0 Å². The summed E-state index contributed by atoms with van der Waals surface area (Å²) in [7, 11) is 0. The third-order valence-electron chi connectivity index (χ3n) is 2.37. The van der Waals surface area contributed by atoms with Crippen LogP contribution in [0.25, 0.3) is 10.9 Å². The van der Waals surface area contributed by atoms with Crippen LogP contribution in [0.1, 0.15) is 31.1 Å². The number of para-hydroxylation sites is 1. The summed E-state index contributed by atoms with van der Waals surface area (Å²) in [6, 6.07) is 8.43. The molecule has 2 rings (SSSR count). The third kappa shape index (κ3) is 2.59. The Hall–Kier alpha value is -2.10. The van der Waals surface area contributed by atoms with Gasteiger partial charge < -0.3 is 9.72 Å². The van der Waals surface area contributed by atoms with Gasteiger partial charge in [0.05, 0.1) is 5.56 Å². The van der Waals surface area contributed by atoms with Crippen LogP contribution in [0.4, 0.5) is 0 Å². The van der Waals surface area contributed by atoms with E-state index in [0.29, 0.717) is 16.5 Å². The first-order chi connectivity index (χ1) is 8.37. The normalized spacial score (nSPS) is 11.5. The fraction of sp³-hybridized carbons (Fsp3) is 0.286. The Morgan fingerprint density at radius 2 is 1.89 bits per heavy atom. The van der Waals surface area contributed by atoms with Crippen molar-refractivity contribution in [3.8, 4) is 0 Å². The first-order valence-corrected chi connectivity index (χ1v) is 5.72. The highest BCUT2D eigenvalue weighted by Crippen LogP contribution is 2.18. The van der Waals surface area contributed by atoms with Crippen molar-refractivity contribution in [1.29, 1.82) is 0 Å². The summed E-state index contributed by atoms with van der Waals surface area (Å²) in [5.74, 6) is -0.482. The minimum absolute atomic E-state index is 0.296. The van der Waals surface area contributed by atoms with Crippen molar-refractivity contribution < 1.29 is 9.53 Å². The van der Waals surface area contributed by atoms with Crippen molar-refractivity contribution in [2.24, 2.45) is 0 Å². The summed E-state index contributed by atoms with van der Waals surface area (Å²) in [6.07, 6.45) is 0. The highest BCUT2D eigenvalue weighted by molar-refractivity contribution is 6.03. The molecule has 0 aliphatic heterocycles. The SMILES string of the molecule is CC(C)(C)OC(=O)c1cc(=O)[nH]c2ccccc12. The second kappa shape index (κ2) is 4.29. The van der Waals surface area contributed by atoms with Crippen LogP contribution in [0.5, 0.6) is 0 Å². The van der Waals surface area contributed by atoms with Crippen molar-refractivity contribution in [2.75, 3.05) is 0 Å². The highest BCUT2D eigenvalue weighted by Gasteiger charge is 2.20. The number of esters is 1. The van der Waals surface area contributed by atoms with Crippen molar-refractivity contribution in [3.63, 3.8) is 0 Å². The quantitative estimate of drug-likeness (QED) is 0.785. The van der Waals surface area contributed by atoms with Crippen molar-refractivity contribution in [1.82, 2.24) is 4.98 Å². The number of carbonyl (C=O) groups is 1. The summed E-state index contributed by atoms with van der Waals surface area (Å²) >= 11 is 0. The number of aromatic nitrogens is 1. The van der Waals surface area contributed by atoms with E-state index in [4.69, 9.17) is 4.74 Å². The van der Waals surface area contributed by atoms with Crippen LogP contribution < -0.4 is 5.56 Å². The first kappa shape index (κ1) is 12.4. The molecule has 18 heavy (non-hydrogen) atoms. The number of carbonyl (C=O) groups excluding carboxylic acids is 1. The number of nitrogens with one attached hydrogen (secondary N) is 1. The minimum Gasteiger partial charge on any atom is -0.456 e. The standard InChI is InChI=1S/C14H15NO3/c1-14(2,3)18-13(17)10-8-12(16)15-11-7-5-4-6-9(10)11/h4-8H,1-3H3,(H,15,16). The van der Waals surface area contributed by atoms with Gasteiger partial charge in [-0.25, -0.2) is 4.79 Å². The molecule has 0 radical (unpaired) electrons. The fourth-order valence-corrected chi connectivity index (χ4v) is 1.71. The largest absolute Gasteiger partial charge is 0.456 e. The molecule has 0 unspecified atom stereocenters. The van der Waals surface area contributed by atoms with Gasteiger partial charge in [-0.3, -0.25) is 4.79 Å². The van der Waals surface area contributed by atoms with E-state index >= 15 is 0 Å². The van der Waals surface area contributed by atoms with Gasteiger partial charge in [-0.15, -0.1) is 0 Å². The van der Waals surface area contributed by atoms with E-state index < -0.39 is 11.6 Å². The average molecular weight is 245 g/mol. The van der Waals surface area contributed by atoms with Gasteiger partial charge in [-0.05, 0) is 26.8 Å². The molecule has 1 N–H and O–H groups in total. The van der Waals surface area contributed by atoms with Gasteiger partial charge in [-0.1, -0.05) is 18.2 Å². The van der Waals surface area contributed by atoms with Crippen molar-refractivity contribution in [2.45, 2.75) is 26.4 Å². The molecule has 0 aliphatic rings. The van der Waals surface area contributed by atoms with Gasteiger partial charge in [0.25, 0.3) is 0 Å². The zero-order valence-electron chi connectivity index (χ0n) is 10.6. The maximum atomic E-state index is 12.1. The Bertz CT molecular complexity index is 650. The summed E-state index contributed by atoms with van der Waals surface area (Å²) < 4.78 is 5.30. The van der Waals surface area contributed by atoms with Crippen molar-refractivity contribution in [3.05, 3.63) is 46.2 Å². The van der Waals surface area contributed by atoms with Gasteiger partial charge in [0, 0.05) is 17.0 Å². The highest BCUT2D eigenvalue weighted by atomic mass is 16.6. The van der Waals surface area contributed by atoms with Crippen LogP contribution in [0.15, 0.2) is 35.1 Å². The number of pyridine rings is 1. The van der Waals surface area contributed by atoms with E-state index in [-0.39, 0.29) is 5.56 Å². The Kier molecular flexibility index (Phi) is 2.95. The molecule has 0 spiro atoms. The van der Waals surface area contributed by atoms with Crippen LogP contribution in [0.3, 0.4) is 0 Å². The number of benzene rings is 1. The predicted octanol–water partition coefficient (Wildman–Crippen LogP) is 2.48. The minimum atomic E-state index is -0.583. The number of aromatic amines is 1. The van der Waals surface area contributed by atoms with E-state index in [1.54, 1.807) is 39.0 Å². The van der Waals surface area contributed by atoms with E-state index in [9.17, 15) is 9.59 Å². The molecule has 0 amide bonds. The molecule has 4 heteroatoms. The van der Waals surface area contributed by atoms with Crippen LogP contribution >= 0.6 is 0 Å². The van der Waals surface area contributed by atoms with E-state index in [1.165, 1.54) is 6.07 Å².